The van der Waals surface area contributed by atoms with Crippen LogP contribution in [0.5, 0.6) is 0 Å². The predicted molar refractivity (Wildman–Crippen MR) is 82.0 cm³/mol. The number of carbonyl (C=O) groups is 2. The molecule has 0 saturated heterocycles. The second-order valence-electron chi connectivity index (χ2n) is 4.46. The Morgan fingerprint density at radius 1 is 1.29 bits per heavy atom. The van der Waals surface area contributed by atoms with Crippen molar-refractivity contribution < 1.29 is 19.1 Å². The number of rotatable bonds is 5. The van der Waals surface area contributed by atoms with E-state index in [1.165, 1.54) is 0 Å². The van der Waals surface area contributed by atoms with E-state index in [1.807, 2.05) is 6.26 Å². The number of amides is 1. The highest BCUT2D eigenvalue weighted by Gasteiger charge is 2.17. The van der Waals surface area contributed by atoms with Crippen LogP contribution >= 0.6 is 11.8 Å². The third-order valence-corrected chi connectivity index (χ3v) is 3.48. The number of thioether (sulfide) groups is 1. The minimum Gasteiger partial charge on any atom is -0.478 e. The molecule has 1 aromatic heterocycles. The fourth-order valence-corrected chi connectivity index (χ4v) is 2.40. The molecule has 5 nitrogen and oxygen atoms in total. The van der Waals surface area contributed by atoms with Crippen molar-refractivity contribution in [3.8, 4) is 0 Å². The lowest BCUT2D eigenvalue weighted by Crippen LogP contribution is -2.15. The van der Waals surface area contributed by atoms with Gasteiger partial charge in [0.2, 0.25) is 0 Å². The lowest BCUT2D eigenvalue weighted by molar-refractivity contribution is 0.0697. The van der Waals surface area contributed by atoms with E-state index in [4.69, 9.17) is 4.42 Å². The van der Waals surface area contributed by atoms with E-state index in [0.29, 0.717) is 17.1 Å². The molecule has 0 aliphatic carbocycles. The van der Waals surface area contributed by atoms with Gasteiger partial charge >= 0.3 is 5.97 Å². The second kappa shape index (κ2) is 6.49. The van der Waals surface area contributed by atoms with Crippen molar-refractivity contribution in [2.24, 2.45) is 0 Å². The van der Waals surface area contributed by atoms with Crippen molar-refractivity contribution in [1.29, 1.82) is 0 Å². The zero-order valence-corrected chi connectivity index (χ0v) is 12.5. The number of carboxylic acids is 1. The van der Waals surface area contributed by atoms with Gasteiger partial charge in [0.25, 0.3) is 5.91 Å². The highest BCUT2D eigenvalue weighted by atomic mass is 32.2. The summed E-state index contributed by atoms with van der Waals surface area (Å²) in [6.07, 6.45) is 1.94. The van der Waals surface area contributed by atoms with Crippen LogP contribution in [0.1, 0.15) is 32.2 Å². The molecule has 0 aliphatic rings. The maximum Gasteiger partial charge on any atom is 0.338 e. The first-order valence-corrected chi connectivity index (χ1v) is 7.64. The molecule has 0 unspecified atom stereocenters. The first-order valence-electron chi connectivity index (χ1n) is 6.25. The summed E-state index contributed by atoms with van der Waals surface area (Å²) in [5.41, 5.74) is 0.930. The van der Waals surface area contributed by atoms with Crippen LogP contribution in [0.4, 0.5) is 5.69 Å². The fourth-order valence-electron chi connectivity index (χ4n) is 1.96. The van der Waals surface area contributed by atoms with Crippen molar-refractivity contribution in [2.75, 3.05) is 11.6 Å². The SMILES string of the molecule is CSCc1ccc(C(=O)Nc2cccc(C)c2C(=O)O)o1. The van der Waals surface area contributed by atoms with Gasteiger partial charge in [-0.2, -0.15) is 11.8 Å². The van der Waals surface area contributed by atoms with Crippen molar-refractivity contribution in [1.82, 2.24) is 0 Å². The zero-order chi connectivity index (χ0) is 15.4. The summed E-state index contributed by atoms with van der Waals surface area (Å²) in [5, 5.41) is 11.8. The molecule has 0 radical (unpaired) electrons. The zero-order valence-electron chi connectivity index (χ0n) is 11.7. The molecule has 2 rings (SSSR count). The van der Waals surface area contributed by atoms with E-state index >= 15 is 0 Å². The molecule has 1 amide bonds. The van der Waals surface area contributed by atoms with Crippen LogP contribution in [0.25, 0.3) is 0 Å². The third kappa shape index (κ3) is 3.46. The number of benzene rings is 1. The minimum absolute atomic E-state index is 0.0849. The van der Waals surface area contributed by atoms with Crippen molar-refractivity contribution in [3.05, 3.63) is 53.0 Å². The number of carbonyl (C=O) groups excluding carboxylic acids is 1. The Hall–Kier alpha value is -2.21. The summed E-state index contributed by atoms with van der Waals surface area (Å²) in [6.45, 7) is 1.68. The van der Waals surface area contributed by atoms with Gasteiger partial charge in [0, 0.05) is 0 Å². The van der Waals surface area contributed by atoms with Gasteiger partial charge in [-0.3, -0.25) is 4.79 Å². The fraction of sp³-hybridized carbons (Fsp3) is 0.200. The first-order chi connectivity index (χ1) is 10.0. The predicted octanol–water partition coefficient (Wildman–Crippen LogP) is 3.40. The van der Waals surface area contributed by atoms with Gasteiger partial charge in [-0.05, 0) is 36.9 Å². The van der Waals surface area contributed by atoms with Crippen LogP contribution < -0.4 is 5.32 Å². The molecule has 0 spiro atoms. The molecule has 6 heteroatoms. The summed E-state index contributed by atoms with van der Waals surface area (Å²) in [7, 11) is 0. The molecule has 0 atom stereocenters. The number of anilines is 1. The monoisotopic (exact) mass is 305 g/mol. The smallest absolute Gasteiger partial charge is 0.338 e. The van der Waals surface area contributed by atoms with Crippen LogP contribution in [-0.2, 0) is 5.75 Å². The molecular weight excluding hydrogens is 290 g/mol. The van der Waals surface area contributed by atoms with E-state index < -0.39 is 11.9 Å². The molecule has 0 aliphatic heterocycles. The largest absolute Gasteiger partial charge is 0.478 e. The Bertz CT molecular complexity index is 678. The number of aromatic carboxylic acids is 1. The minimum atomic E-state index is -1.08. The third-order valence-electron chi connectivity index (χ3n) is 2.91. The van der Waals surface area contributed by atoms with Crippen LogP contribution in [0.2, 0.25) is 0 Å². The van der Waals surface area contributed by atoms with Gasteiger partial charge in [-0.15, -0.1) is 0 Å². The number of hydrogen-bond acceptors (Lipinski definition) is 4. The van der Waals surface area contributed by atoms with E-state index in [2.05, 4.69) is 5.32 Å². The number of nitrogens with one attached hydrogen (secondary N) is 1. The second-order valence-corrected chi connectivity index (χ2v) is 5.32. The van der Waals surface area contributed by atoms with E-state index in [9.17, 15) is 14.7 Å². The van der Waals surface area contributed by atoms with E-state index in [-0.39, 0.29) is 17.0 Å². The van der Waals surface area contributed by atoms with Crippen molar-refractivity contribution >= 4 is 29.3 Å². The Labute approximate surface area is 126 Å². The maximum absolute atomic E-state index is 12.1. The van der Waals surface area contributed by atoms with Gasteiger partial charge in [0.15, 0.2) is 5.76 Å². The number of aryl methyl sites for hydroxylation is 1. The van der Waals surface area contributed by atoms with Crippen LogP contribution in [0.3, 0.4) is 0 Å². The number of hydrogen-bond donors (Lipinski definition) is 2. The molecule has 0 bridgehead atoms. The van der Waals surface area contributed by atoms with Gasteiger partial charge < -0.3 is 14.8 Å². The molecule has 1 heterocycles. The van der Waals surface area contributed by atoms with Crippen LogP contribution in [0.15, 0.2) is 34.7 Å². The van der Waals surface area contributed by atoms with Gasteiger partial charge in [-0.25, -0.2) is 4.79 Å². The average Bonchev–Trinajstić information content (AvgIpc) is 2.87. The summed E-state index contributed by atoms with van der Waals surface area (Å²) >= 11 is 1.59. The Morgan fingerprint density at radius 3 is 2.71 bits per heavy atom. The summed E-state index contributed by atoms with van der Waals surface area (Å²) in [4.78, 5) is 23.4. The standard InChI is InChI=1S/C15H15NO4S/c1-9-4-3-5-11(13(9)15(18)19)16-14(17)12-7-6-10(20-12)8-21-2/h3-7H,8H2,1-2H3,(H,16,17)(H,18,19). The van der Waals surface area contributed by atoms with E-state index in [0.717, 1.165) is 0 Å². The lowest BCUT2D eigenvalue weighted by atomic mass is 10.1. The molecule has 0 fully saturated rings. The normalized spacial score (nSPS) is 10.4. The van der Waals surface area contributed by atoms with Crippen molar-refractivity contribution in [3.63, 3.8) is 0 Å². The molecule has 21 heavy (non-hydrogen) atoms. The molecule has 1 aromatic carbocycles. The highest BCUT2D eigenvalue weighted by Crippen LogP contribution is 2.21. The topological polar surface area (TPSA) is 79.5 Å². The quantitative estimate of drug-likeness (QED) is 0.885. The van der Waals surface area contributed by atoms with Crippen LogP contribution in [-0.4, -0.2) is 23.2 Å². The Morgan fingerprint density at radius 2 is 2.05 bits per heavy atom. The molecular formula is C15H15NO4S. The van der Waals surface area contributed by atoms with Crippen LogP contribution in [0, 0.1) is 6.92 Å². The lowest BCUT2D eigenvalue weighted by Gasteiger charge is -2.09. The van der Waals surface area contributed by atoms with Gasteiger partial charge in [0.1, 0.15) is 5.76 Å². The van der Waals surface area contributed by atoms with Gasteiger partial charge in [0.05, 0.1) is 17.0 Å². The summed E-state index contributed by atoms with van der Waals surface area (Å²) in [6, 6.07) is 8.25. The summed E-state index contributed by atoms with van der Waals surface area (Å²) in [5.74, 6) is 0.00609. The molecule has 2 aromatic rings. The molecule has 0 saturated carbocycles. The van der Waals surface area contributed by atoms with Crippen molar-refractivity contribution in [2.45, 2.75) is 12.7 Å². The number of furan rings is 1. The Kier molecular flexibility index (Phi) is 4.70. The van der Waals surface area contributed by atoms with E-state index in [1.54, 1.807) is 49.0 Å². The number of carboxylic acid groups (broad SMARTS) is 1. The maximum atomic E-state index is 12.1. The average molecular weight is 305 g/mol. The van der Waals surface area contributed by atoms with Gasteiger partial charge in [-0.1, -0.05) is 12.1 Å². The summed E-state index contributed by atoms with van der Waals surface area (Å²) < 4.78 is 5.41. The first kappa shape index (κ1) is 15.2. The molecule has 2 N–H and O–H groups in total. The molecule has 110 valence electrons. The highest BCUT2D eigenvalue weighted by molar-refractivity contribution is 7.97. The Balaban J connectivity index is 2.23.